The molecule has 8 heteroatoms. The predicted octanol–water partition coefficient (Wildman–Crippen LogP) is 3.44. The lowest BCUT2D eigenvalue weighted by Gasteiger charge is -2.05. The highest BCUT2D eigenvalue weighted by molar-refractivity contribution is 14.1. The molecule has 0 radical (unpaired) electrons. The third-order valence-electron chi connectivity index (χ3n) is 1.92. The molecule has 0 saturated carbocycles. The zero-order valence-electron chi connectivity index (χ0n) is 8.71. The molecule has 6 nitrogen and oxygen atoms in total. The first-order valence-electron chi connectivity index (χ1n) is 4.67. The lowest BCUT2D eigenvalue weighted by atomic mass is 10.3. The lowest BCUT2D eigenvalue weighted by Crippen LogP contribution is -1.96. The number of halogens is 2. The second-order valence-corrected chi connectivity index (χ2v) is 4.48. The van der Waals surface area contributed by atoms with Crippen molar-refractivity contribution >= 4 is 39.9 Å². The van der Waals surface area contributed by atoms with E-state index in [1.54, 1.807) is 12.1 Å². The molecular weight excluding hydrogens is 372 g/mol. The summed E-state index contributed by atoms with van der Waals surface area (Å²) in [6.07, 6.45) is 0. The summed E-state index contributed by atoms with van der Waals surface area (Å²) < 4.78 is 5.75. The summed E-state index contributed by atoms with van der Waals surface area (Å²) in [6, 6.07) is 7.42. The fraction of sp³-hybridized carbons (Fsp3) is 0. The van der Waals surface area contributed by atoms with E-state index in [9.17, 15) is 10.1 Å². The van der Waals surface area contributed by atoms with Crippen LogP contribution in [0.25, 0.3) is 0 Å². The van der Waals surface area contributed by atoms with Gasteiger partial charge in [0.05, 0.1) is 4.92 Å². The fourth-order valence-corrected chi connectivity index (χ4v) is 2.04. The summed E-state index contributed by atoms with van der Waals surface area (Å²) in [5.41, 5.74) is -0.137. The van der Waals surface area contributed by atoms with Gasteiger partial charge >= 0.3 is 5.69 Å². The van der Waals surface area contributed by atoms with Gasteiger partial charge in [0.15, 0.2) is 3.83 Å². The second kappa shape index (κ2) is 5.44. The maximum Gasteiger partial charge on any atom is 0.311 e. The van der Waals surface area contributed by atoms with Gasteiger partial charge in [-0.2, -0.15) is 4.98 Å². The number of nitro benzene ring substituents is 1. The van der Waals surface area contributed by atoms with Crippen molar-refractivity contribution < 1.29 is 9.66 Å². The van der Waals surface area contributed by atoms with E-state index in [1.165, 1.54) is 18.2 Å². The summed E-state index contributed by atoms with van der Waals surface area (Å²) >= 11 is 7.62. The topological polar surface area (TPSA) is 78.2 Å². The molecule has 2 aromatic rings. The van der Waals surface area contributed by atoms with Gasteiger partial charge in [-0.05, 0) is 6.07 Å². The van der Waals surface area contributed by atoms with Crippen molar-refractivity contribution in [2.24, 2.45) is 0 Å². The average Bonchev–Trinajstić information content (AvgIpc) is 2.27. The van der Waals surface area contributed by atoms with Crippen LogP contribution in [0.1, 0.15) is 0 Å². The SMILES string of the molecule is O=[N+]([O-])c1ccccc1Oc1cc(Cl)nc(I)n1. The summed E-state index contributed by atoms with van der Waals surface area (Å²) in [4.78, 5) is 18.1. The largest absolute Gasteiger partial charge is 0.432 e. The minimum Gasteiger partial charge on any atom is -0.432 e. The minimum absolute atomic E-state index is 0.105. The molecule has 2 rings (SSSR count). The van der Waals surface area contributed by atoms with Crippen LogP contribution >= 0.6 is 34.2 Å². The molecule has 18 heavy (non-hydrogen) atoms. The first-order chi connectivity index (χ1) is 8.56. The maximum absolute atomic E-state index is 10.8. The normalized spacial score (nSPS) is 10.1. The molecule has 0 spiro atoms. The van der Waals surface area contributed by atoms with Crippen molar-refractivity contribution in [3.63, 3.8) is 0 Å². The number of rotatable bonds is 3. The van der Waals surface area contributed by atoms with Crippen LogP contribution in [0.5, 0.6) is 11.6 Å². The Kier molecular flexibility index (Phi) is 3.92. The smallest absolute Gasteiger partial charge is 0.311 e. The third kappa shape index (κ3) is 3.05. The Hall–Kier alpha value is -1.48. The Balaban J connectivity index is 2.37. The number of hydrogen-bond acceptors (Lipinski definition) is 5. The molecule has 1 heterocycles. The fourth-order valence-electron chi connectivity index (χ4n) is 1.23. The van der Waals surface area contributed by atoms with Crippen LogP contribution in [0.3, 0.4) is 0 Å². The zero-order valence-corrected chi connectivity index (χ0v) is 11.6. The van der Waals surface area contributed by atoms with Gasteiger partial charge in [-0.3, -0.25) is 10.1 Å². The van der Waals surface area contributed by atoms with E-state index in [4.69, 9.17) is 16.3 Å². The van der Waals surface area contributed by atoms with Gasteiger partial charge < -0.3 is 4.74 Å². The van der Waals surface area contributed by atoms with Gasteiger partial charge in [-0.15, -0.1) is 0 Å². The van der Waals surface area contributed by atoms with Crippen LogP contribution in [0.2, 0.25) is 5.15 Å². The van der Waals surface area contributed by atoms with Crippen LogP contribution in [0.4, 0.5) is 5.69 Å². The molecule has 0 aliphatic carbocycles. The average molecular weight is 378 g/mol. The summed E-state index contributed by atoms with van der Waals surface area (Å²) in [6.45, 7) is 0. The highest BCUT2D eigenvalue weighted by Gasteiger charge is 2.15. The van der Waals surface area contributed by atoms with E-state index in [2.05, 4.69) is 9.97 Å². The van der Waals surface area contributed by atoms with E-state index in [-0.39, 0.29) is 22.5 Å². The number of para-hydroxylation sites is 2. The highest BCUT2D eigenvalue weighted by Crippen LogP contribution is 2.30. The zero-order chi connectivity index (χ0) is 13.1. The monoisotopic (exact) mass is 377 g/mol. The van der Waals surface area contributed by atoms with Gasteiger partial charge in [0.25, 0.3) is 0 Å². The van der Waals surface area contributed by atoms with Crippen molar-refractivity contribution in [3.05, 3.63) is 49.4 Å². The summed E-state index contributed by atoms with van der Waals surface area (Å²) in [5, 5.41) is 11.0. The van der Waals surface area contributed by atoms with Crippen molar-refractivity contribution in [1.29, 1.82) is 0 Å². The quantitative estimate of drug-likeness (QED) is 0.269. The van der Waals surface area contributed by atoms with Crippen molar-refractivity contribution in [2.45, 2.75) is 0 Å². The maximum atomic E-state index is 10.8. The molecule has 0 N–H and O–H groups in total. The van der Waals surface area contributed by atoms with E-state index < -0.39 is 4.92 Å². The standard InChI is InChI=1S/C10H5ClIN3O3/c11-8-5-9(14-10(12)13-8)18-7-4-2-1-3-6(7)15(16)17/h1-5H. The van der Waals surface area contributed by atoms with E-state index in [0.717, 1.165) is 0 Å². The van der Waals surface area contributed by atoms with Crippen LogP contribution in [-0.4, -0.2) is 14.9 Å². The number of nitrogens with zero attached hydrogens (tertiary/aromatic N) is 3. The van der Waals surface area contributed by atoms with Crippen LogP contribution in [-0.2, 0) is 0 Å². The van der Waals surface area contributed by atoms with Crippen molar-refractivity contribution in [2.75, 3.05) is 0 Å². The Morgan fingerprint density at radius 1 is 1.33 bits per heavy atom. The Morgan fingerprint density at radius 3 is 2.72 bits per heavy atom. The van der Waals surface area contributed by atoms with Crippen LogP contribution in [0.15, 0.2) is 30.3 Å². The van der Waals surface area contributed by atoms with Gasteiger partial charge in [0.2, 0.25) is 11.6 Å². The Morgan fingerprint density at radius 2 is 2.06 bits per heavy atom. The number of ether oxygens (including phenoxy) is 1. The third-order valence-corrected chi connectivity index (χ3v) is 2.60. The van der Waals surface area contributed by atoms with Gasteiger partial charge in [0.1, 0.15) is 5.15 Å². The van der Waals surface area contributed by atoms with Crippen LogP contribution < -0.4 is 4.74 Å². The predicted molar refractivity (Wildman–Crippen MR) is 72.9 cm³/mol. The molecule has 0 amide bonds. The van der Waals surface area contributed by atoms with E-state index in [0.29, 0.717) is 3.83 Å². The lowest BCUT2D eigenvalue weighted by molar-refractivity contribution is -0.385. The number of hydrogen-bond donors (Lipinski definition) is 0. The molecule has 0 atom stereocenters. The van der Waals surface area contributed by atoms with Gasteiger partial charge in [0, 0.05) is 34.7 Å². The summed E-state index contributed by atoms with van der Waals surface area (Å²) in [7, 11) is 0. The van der Waals surface area contributed by atoms with E-state index >= 15 is 0 Å². The molecule has 0 saturated heterocycles. The van der Waals surface area contributed by atoms with Crippen LogP contribution in [0, 0.1) is 13.9 Å². The second-order valence-electron chi connectivity index (χ2n) is 3.12. The molecule has 1 aromatic heterocycles. The minimum atomic E-state index is -0.525. The number of benzene rings is 1. The molecular formula is C10H5ClIN3O3. The van der Waals surface area contributed by atoms with Crippen molar-refractivity contribution in [3.8, 4) is 11.6 Å². The Labute approximate surface area is 120 Å². The van der Waals surface area contributed by atoms with Gasteiger partial charge in [-0.1, -0.05) is 23.7 Å². The molecule has 0 aliphatic heterocycles. The first kappa shape index (κ1) is 13.0. The Bertz CT molecular complexity index is 588. The molecule has 1 aromatic carbocycles. The molecule has 0 unspecified atom stereocenters. The van der Waals surface area contributed by atoms with Crippen molar-refractivity contribution in [1.82, 2.24) is 9.97 Å². The van der Waals surface area contributed by atoms with E-state index in [1.807, 2.05) is 22.6 Å². The molecule has 0 bridgehead atoms. The molecule has 0 fully saturated rings. The first-order valence-corrected chi connectivity index (χ1v) is 6.13. The summed E-state index contributed by atoms with van der Waals surface area (Å²) in [5.74, 6) is 0.266. The number of nitro groups is 1. The highest BCUT2D eigenvalue weighted by atomic mass is 127. The number of aromatic nitrogens is 2. The molecule has 92 valence electrons. The molecule has 0 aliphatic rings. The van der Waals surface area contributed by atoms with Gasteiger partial charge in [-0.25, -0.2) is 4.98 Å².